The topological polar surface area (TPSA) is 12.0 Å². The number of nitrogens with one attached hydrogen (secondary N) is 1. The van der Waals surface area contributed by atoms with Crippen LogP contribution in [0.3, 0.4) is 0 Å². The maximum absolute atomic E-state index is 3.50. The molecule has 0 aromatic carbocycles. The Morgan fingerprint density at radius 1 is 1.54 bits per heavy atom. The van der Waals surface area contributed by atoms with Crippen molar-refractivity contribution in [1.82, 2.24) is 5.32 Å². The van der Waals surface area contributed by atoms with Gasteiger partial charge < -0.3 is 5.32 Å². The molecule has 2 heteroatoms. The molecule has 1 aliphatic heterocycles. The molecule has 1 heterocycles. The average Bonchev–Trinajstić information content (AvgIpc) is 2.66. The van der Waals surface area contributed by atoms with E-state index in [2.05, 4.69) is 38.0 Å². The molecule has 1 rings (SSSR count). The predicted molar refractivity (Wildman–Crippen MR) is 62.4 cm³/mol. The van der Waals surface area contributed by atoms with Crippen molar-refractivity contribution in [3.05, 3.63) is 0 Å². The molecule has 0 saturated carbocycles. The van der Waals surface area contributed by atoms with Crippen LogP contribution in [-0.4, -0.2) is 24.6 Å². The van der Waals surface area contributed by atoms with Crippen LogP contribution in [0.15, 0.2) is 0 Å². The smallest absolute Gasteiger partial charge is 0.0103 e. The van der Waals surface area contributed by atoms with Crippen LogP contribution in [0, 0.1) is 11.8 Å². The molecule has 3 atom stereocenters. The van der Waals surface area contributed by atoms with E-state index in [4.69, 9.17) is 0 Å². The highest BCUT2D eigenvalue weighted by molar-refractivity contribution is 7.99. The summed E-state index contributed by atoms with van der Waals surface area (Å²) < 4.78 is 0. The number of hydrogen-bond acceptors (Lipinski definition) is 2. The van der Waals surface area contributed by atoms with Gasteiger partial charge in [0.15, 0.2) is 0 Å². The van der Waals surface area contributed by atoms with Gasteiger partial charge in [-0.15, -0.1) is 0 Å². The summed E-state index contributed by atoms with van der Waals surface area (Å²) in [6.45, 7) is 4.66. The Hall–Kier alpha value is 0.310. The van der Waals surface area contributed by atoms with Gasteiger partial charge in [-0.1, -0.05) is 20.3 Å². The van der Waals surface area contributed by atoms with E-state index in [1.165, 1.54) is 30.8 Å². The maximum Gasteiger partial charge on any atom is 0.0103 e. The zero-order valence-corrected chi connectivity index (χ0v) is 9.99. The summed E-state index contributed by atoms with van der Waals surface area (Å²) in [5.41, 5.74) is 0. The molecule has 3 unspecified atom stereocenters. The Balaban J connectivity index is 2.32. The van der Waals surface area contributed by atoms with E-state index in [1.807, 2.05) is 0 Å². The molecule has 0 aromatic heterocycles. The van der Waals surface area contributed by atoms with E-state index in [9.17, 15) is 0 Å². The zero-order valence-electron chi connectivity index (χ0n) is 9.18. The Morgan fingerprint density at radius 2 is 2.31 bits per heavy atom. The van der Waals surface area contributed by atoms with E-state index in [1.54, 1.807) is 0 Å². The van der Waals surface area contributed by atoms with Gasteiger partial charge in [0.2, 0.25) is 0 Å². The Bertz CT molecular complexity index is 132. The number of rotatable bonds is 5. The molecule has 0 bridgehead atoms. The first kappa shape index (κ1) is 11.4. The first-order valence-corrected chi connectivity index (χ1v) is 6.68. The van der Waals surface area contributed by atoms with Gasteiger partial charge in [-0.25, -0.2) is 0 Å². The van der Waals surface area contributed by atoms with E-state index in [0.717, 1.165) is 17.9 Å². The highest BCUT2D eigenvalue weighted by Gasteiger charge is 2.24. The van der Waals surface area contributed by atoms with Crippen LogP contribution in [-0.2, 0) is 0 Å². The van der Waals surface area contributed by atoms with Crippen LogP contribution < -0.4 is 5.32 Å². The summed E-state index contributed by atoms with van der Waals surface area (Å²) in [5.74, 6) is 4.57. The molecule has 1 aliphatic rings. The van der Waals surface area contributed by atoms with Gasteiger partial charge in [0, 0.05) is 6.04 Å². The molecule has 13 heavy (non-hydrogen) atoms. The van der Waals surface area contributed by atoms with Gasteiger partial charge in [-0.05, 0) is 43.2 Å². The normalized spacial score (nSPS) is 27.5. The van der Waals surface area contributed by atoms with E-state index < -0.39 is 0 Å². The van der Waals surface area contributed by atoms with Gasteiger partial charge >= 0.3 is 0 Å². The first-order chi connectivity index (χ1) is 6.27. The van der Waals surface area contributed by atoms with Crippen LogP contribution >= 0.6 is 11.8 Å². The van der Waals surface area contributed by atoms with Crippen LogP contribution in [0.2, 0.25) is 0 Å². The summed E-state index contributed by atoms with van der Waals surface area (Å²) in [7, 11) is 2.12. The third-order valence-corrected chi connectivity index (χ3v) is 4.45. The minimum atomic E-state index is 0.768. The fourth-order valence-corrected chi connectivity index (χ4v) is 3.35. The van der Waals surface area contributed by atoms with Gasteiger partial charge in [-0.3, -0.25) is 0 Å². The van der Waals surface area contributed by atoms with Crippen LogP contribution in [0.25, 0.3) is 0 Å². The lowest BCUT2D eigenvalue weighted by Gasteiger charge is -2.25. The summed E-state index contributed by atoms with van der Waals surface area (Å²) in [5, 5.41) is 3.50. The lowest BCUT2D eigenvalue weighted by molar-refractivity contribution is 0.330. The van der Waals surface area contributed by atoms with Crippen molar-refractivity contribution >= 4 is 11.8 Å². The third kappa shape index (κ3) is 3.51. The fraction of sp³-hybridized carbons (Fsp3) is 1.00. The minimum Gasteiger partial charge on any atom is -0.317 e. The molecule has 1 nitrogen and oxygen atoms in total. The number of thioether (sulfide) groups is 1. The van der Waals surface area contributed by atoms with Gasteiger partial charge in [0.05, 0.1) is 0 Å². The van der Waals surface area contributed by atoms with Gasteiger partial charge in [-0.2, -0.15) is 11.8 Å². The summed E-state index contributed by atoms with van der Waals surface area (Å²) in [6.07, 6.45) is 4.10. The zero-order chi connectivity index (χ0) is 9.68. The van der Waals surface area contributed by atoms with Crippen LogP contribution in [0.1, 0.15) is 33.1 Å². The highest BCUT2D eigenvalue weighted by Crippen LogP contribution is 2.29. The molecule has 1 saturated heterocycles. The Kier molecular flexibility index (Phi) is 5.18. The molecule has 0 amide bonds. The summed E-state index contributed by atoms with van der Waals surface area (Å²) >= 11 is 2.12. The Labute approximate surface area is 87.1 Å². The summed E-state index contributed by atoms with van der Waals surface area (Å²) in [4.78, 5) is 0. The molecular formula is C11H23NS. The van der Waals surface area contributed by atoms with Crippen molar-refractivity contribution in [2.75, 3.05) is 18.6 Å². The van der Waals surface area contributed by atoms with Crippen LogP contribution in [0.5, 0.6) is 0 Å². The standard InChI is InChI=1S/C11H23NS/c1-4-9(2)7-11(12-3)10-5-6-13-8-10/h9-12H,4-8H2,1-3H3. The summed E-state index contributed by atoms with van der Waals surface area (Å²) in [6, 6.07) is 0.768. The van der Waals surface area contributed by atoms with Crippen molar-refractivity contribution in [2.45, 2.75) is 39.2 Å². The first-order valence-electron chi connectivity index (χ1n) is 5.53. The average molecular weight is 201 g/mol. The predicted octanol–water partition coefficient (Wildman–Crippen LogP) is 2.76. The van der Waals surface area contributed by atoms with Crippen molar-refractivity contribution in [1.29, 1.82) is 0 Å². The quantitative estimate of drug-likeness (QED) is 0.734. The molecule has 78 valence electrons. The second-order valence-electron chi connectivity index (χ2n) is 4.27. The van der Waals surface area contributed by atoms with Crippen molar-refractivity contribution in [3.63, 3.8) is 0 Å². The molecule has 1 fully saturated rings. The van der Waals surface area contributed by atoms with E-state index in [0.29, 0.717) is 0 Å². The highest BCUT2D eigenvalue weighted by atomic mass is 32.2. The van der Waals surface area contributed by atoms with Gasteiger partial charge in [0.25, 0.3) is 0 Å². The molecule has 0 radical (unpaired) electrons. The Morgan fingerprint density at radius 3 is 2.77 bits per heavy atom. The minimum absolute atomic E-state index is 0.768. The maximum atomic E-state index is 3.50. The van der Waals surface area contributed by atoms with E-state index in [-0.39, 0.29) is 0 Å². The monoisotopic (exact) mass is 201 g/mol. The second kappa shape index (κ2) is 5.92. The lowest BCUT2D eigenvalue weighted by atomic mass is 9.90. The third-order valence-electron chi connectivity index (χ3n) is 3.26. The van der Waals surface area contributed by atoms with Crippen molar-refractivity contribution in [3.8, 4) is 0 Å². The molecular weight excluding hydrogens is 178 g/mol. The molecule has 0 spiro atoms. The molecule has 0 aliphatic carbocycles. The molecule has 1 N–H and O–H groups in total. The number of hydrogen-bond donors (Lipinski definition) is 1. The SMILES string of the molecule is CCC(C)CC(NC)C1CCSC1. The van der Waals surface area contributed by atoms with Crippen molar-refractivity contribution in [2.24, 2.45) is 11.8 Å². The largest absolute Gasteiger partial charge is 0.317 e. The van der Waals surface area contributed by atoms with Crippen molar-refractivity contribution < 1.29 is 0 Å². The van der Waals surface area contributed by atoms with Crippen LogP contribution in [0.4, 0.5) is 0 Å². The fourth-order valence-electron chi connectivity index (χ4n) is 2.02. The lowest BCUT2D eigenvalue weighted by Crippen LogP contribution is -2.35. The molecule has 0 aromatic rings. The van der Waals surface area contributed by atoms with Gasteiger partial charge in [0.1, 0.15) is 0 Å². The second-order valence-corrected chi connectivity index (χ2v) is 5.42. The van der Waals surface area contributed by atoms with E-state index >= 15 is 0 Å².